The highest BCUT2D eigenvalue weighted by atomic mass is 32.1. The van der Waals surface area contributed by atoms with Crippen LogP contribution in [0.15, 0.2) is 46.1 Å². The Kier molecular flexibility index (Phi) is 6.12. The number of carbonyl (C=O) groups is 3. The van der Waals surface area contributed by atoms with Gasteiger partial charge in [-0.15, -0.1) is 11.3 Å². The highest BCUT2D eigenvalue weighted by molar-refractivity contribution is 7.15. The third kappa shape index (κ3) is 4.12. The Bertz CT molecular complexity index is 1290. The van der Waals surface area contributed by atoms with E-state index in [-0.39, 0.29) is 11.7 Å². The van der Waals surface area contributed by atoms with Crippen LogP contribution in [-0.2, 0) is 4.74 Å². The fourth-order valence-electron chi connectivity index (χ4n) is 5.08. The van der Waals surface area contributed by atoms with Crippen LogP contribution >= 0.6 is 11.3 Å². The minimum absolute atomic E-state index is 0.0295. The zero-order chi connectivity index (χ0) is 24.6. The molecule has 6 rings (SSSR count). The molecule has 0 radical (unpaired) electrons. The van der Waals surface area contributed by atoms with Gasteiger partial charge in [-0.05, 0) is 43.0 Å². The number of likely N-dealkylation sites (tertiary alicyclic amines) is 1. The van der Waals surface area contributed by atoms with E-state index < -0.39 is 12.1 Å². The van der Waals surface area contributed by atoms with E-state index in [1.807, 2.05) is 23.1 Å². The van der Waals surface area contributed by atoms with Crippen LogP contribution < -0.4 is 10.7 Å². The molecule has 3 aliphatic heterocycles. The molecule has 10 nitrogen and oxygen atoms in total. The third-order valence-corrected chi connectivity index (χ3v) is 7.96. The number of amides is 3. The van der Waals surface area contributed by atoms with Crippen LogP contribution in [0.25, 0.3) is 5.70 Å². The number of urea groups is 1. The fraction of sp³-hybridized carbons (Fsp3) is 0.400. The van der Waals surface area contributed by atoms with E-state index in [1.54, 1.807) is 17.1 Å². The second-order valence-corrected chi connectivity index (χ2v) is 10.2. The molecule has 0 saturated carbocycles. The standard InChI is InChI=1S/C25H26N6O4S/c32-23-19-15(5-4-6-16(19)26-25(34)29-31-11-13-35-14-12-31)21-20(23)22(28-27-21)17-7-8-18(36-17)24(33)30-9-2-1-3-10-30/h4-8,21H,1-3,9-14H2,(H2,26,29,34). The summed E-state index contributed by atoms with van der Waals surface area (Å²) in [5, 5.41) is 13.3. The Morgan fingerprint density at radius 3 is 2.64 bits per heavy atom. The van der Waals surface area contributed by atoms with Crippen molar-refractivity contribution in [2.75, 3.05) is 44.7 Å². The van der Waals surface area contributed by atoms with E-state index in [9.17, 15) is 14.4 Å². The van der Waals surface area contributed by atoms with Crippen LogP contribution in [0.3, 0.4) is 0 Å². The van der Waals surface area contributed by atoms with Crippen molar-refractivity contribution in [2.45, 2.75) is 25.3 Å². The summed E-state index contributed by atoms with van der Waals surface area (Å²) < 4.78 is 5.31. The van der Waals surface area contributed by atoms with E-state index >= 15 is 0 Å². The number of piperidine rings is 1. The number of hydrogen-bond acceptors (Lipinski definition) is 8. The summed E-state index contributed by atoms with van der Waals surface area (Å²) in [4.78, 5) is 42.4. The first kappa shape index (κ1) is 23.0. The van der Waals surface area contributed by atoms with Gasteiger partial charge in [0.05, 0.1) is 39.8 Å². The fourth-order valence-corrected chi connectivity index (χ4v) is 6.05. The minimum Gasteiger partial charge on any atom is -0.379 e. The smallest absolute Gasteiger partial charge is 0.333 e. The Hall–Kier alpha value is -3.41. The predicted octanol–water partition coefficient (Wildman–Crippen LogP) is 3.86. The Balaban J connectivity index is 1.24. The summed E-state index contributed by atoms with van der Waals surface area (Å²) in [6.45, 7) is 3.87. The summed E-state index contributed by atoms with van der Waals surface area (Å²) >= 11 is 1.35. The van der Waals surface area contributed by atoms with E-state index in [0.29, 0.717) is 53.7 Å². The number of thiophene rings is 1. The lowest BCUT2D eigenvalue weighted by atomic mass is 10.1. The summed E-state index contributed by atoms with van der Waals surface area (Å²) in [7, 11) is 0. The predicted molar refractivity (Wildman–Crippen MR) is 134 cm³/mol. The molecule has 1 unspecified atom stereocenters. The molecule has 0 bridgehead atoms. The van der Waals surface area contributed by atoms with Gasteiger partial charge in [-0.3, -0.25) is 15.0 Å². The number of Topliss-reactive ketones (excluding diaryl/α,β-unsaturated/α-hetero) is 1. The number of nitrogens with one attached hydrogen (secondary N) is 2. The van der Waals surface area contributed by atoms with Crippen molar-refractivity contribution in [1.82, 2.24) is 15.3 Å². The molecule has 2 aromatic rings. The molecule has 1 aliphatic carbocycles. The first-order valence-electron chi connectivity index (χ1n) is 12.2. The highest BCUT2D eigenvalue weighted by Crippen LogP contribution is 2.49. The Morgan fingerprint density at radius 1 is 1.03 bits per heavy atom. The largest absolute Gasteiger partial charge is 0.379 e. The lowest BCUT2D eigenvalue weighted by Gasteiger charge is -2.27. The van der Waals surface area contributed by atoms with Gasteiger partial charge in [0.15, 0.2) is 5.78 Å². The molecule has 0 spiro atoms. The van der Waals surface area contributed by atoms with E-state index in [0.717, 1.165) is 42.8 Å². The molecule has 186 valence electrons. The SMILES string of the molecule is O=C(Nc1cccc2c1C(=O)C1=C(c3ccc(C(=O)N4CCCCC4)s3)N=NC12)NN1CCOCC1. The van der Waals surface area contributed by atoms with Crippen molar-refractivity contribution < 1.29 is 19.1 Å². The summed E-state index contributed by atoms with van der Waals surface area (Å²) in [6.07, 6.45) is 3.22. The highest BCUT2D eigenvalue weighted by Gasteiger charge is 2.42. The molecule has 2 fully saturated rings. The number of nitrogens with zero attached hydrogens (tertiary/aromatic N) is 4. The maximum Gasteiger partial charge on any atom is 0.333 e. The lowest BCUT2D eigenvalue weighted by Crippen LogP contribution is -2.49. The monoisotopic (exact) mass is 506 g/mol. The van der Waals surface area contributed by atoms with Crippen molar-refractivity contribution in [1.29, 1.82) is 0 Å². The van der Waals surface area contributed by atoms with Gasteiger partial charge in [-0.1, -0.05) is 12.1 Å². The number of carbonyl (C=O) groups excluding carboxylic acids is 3. The maximum absolute atomic E-state index is 13.6. The summed E-state index contributed by atoms with van der Waals surface area (Å²) in [5.74, 6) is -0.170. The Labute approximate surface area is 212 Å². The van der Waals surface area contributed by atoms with Gasteiger partial charge in [0.25, 0.3) is 5.91 Å². The number of hydrazine groups is 1. The van der Waals surface area contributed by atoms with Crippen molar-refractivity contribution >= 4 is 40.4 Å². The number of azo groups is 1. The minimum atomic E-state index is -0.505. The number of hydrogen-bond donors (Lipinski definition) is 2. The first-order chi connectivity index (χ1) is 17.6. The average Bonchev–Trinajstić information content (AvgIpc) is 3.62. The van der Waals surface area contributed by atoms with Gasteiger partial charge in [-0.25, -0.2) is 9.80 Å². The van der Waals surface area contributed by atoms with Gasteiger partial charge < -0.3 is 15.0 Å². The molecule has 2 saturated heterocycles. The zero-order valence-electron chi connectivity index (χ0n) is 19.7. The number of fused-ring (bicyclic) bond motifs is 3. The van der Waals surface area contributed by atoms with Gasteiger partial charge in [0.1, 0.15) is 11.7 Å². The van der Waals surface area contributed by atoms with Crippen LogP contribution in [0.1, 0.15) is 55.8 Å². The van der Waals surface area contributed by atoms with Crippen LogP contribution in [0.4, 0.5) is 10.5 Å². The van der Waals surface area contributed by atoms with Gasteiger partial charge in [-0.2, -0.15) is 10.2 Å². The average molecular weight is 507 g/mol. The normalized spacial score (nSPS) is 21.5. The quantitative estimate of drug-likeness (QED) is 0.653. The molecule has 11 heteroatoms. The number of ether oxygens (including phenoxy) is 1. The first-order valence-corrected chi connectivity index (χ1v) is 13.0. The molecule has 1 aromatic heterocycles. The zero-order valence-corrected chi connectivity index (χ0v) is 20.5. The Morgan fingerprint density at radius 2 is 1.83 bits per heavy atom. The molecule has 4 heterocycles. The van der Waals surface area contributed by atoms with Crippen molar-refractivity contribution in [2.24, 2.45) is 10.2 Å². The summed E-state index contributed by atoms with van der Waals surface area (Å²) in [5.41, 5.74) is 5.40. The second kappa shape index (κ2) is 9.57. The molecular weight excluding hydrogens is 480 g/mol. The molecule has 2 N–H and O–H groups in total. The number of benzene rings is 1. The number of rotatable bonds is 4. The maximum atomic E-state index is 13.6. The van der Waals surface area contributed by atoms with Crippen LogP contribution in [0, 0.1) is 0 Å². The third-order valence-electron chi connectivity index (χ3n) is 6.88. The van der Waals surface area contributed by atoms with Crippen LogP contribution in [0.5, 0.6) is 0 Å². The van der Waals surface area contributed by atoms with E-state index in [4.69, 9.17) is 4.74 Å². The van der Waals surface area contributed by atoms with E-state index in [1.165, 1.54) is 11.3 Å². The number of anilines is 1. The van der Waals surface area contributed by atoms with Crippen molar-refractivity contribution in [3.8, 4) is 0 Å². The number of ketones is 1. The van der Waals surface area contributed by atoms with Gasteiger partial charge in [0.2, 0.25) is 0 Å². The molecule has 4 aliphatic rings. The lowest BCUT2D eigenvalue weighted by molar-refractivity contribution is 0.0207. The molecule has 1 aromatic carbocycles. The van der Waals surface area contributed by atoms with Crippen molar-refractivity contribution in [3.63, 3.8) is 0 Å². The molecular formula is C25H26N6O4S. The summed E-state index contributed by atoms with van der Waals surface area (Å²) in [6, 6.07) is 8.10. The van der Waals surface area contributed by atoms with Crippen LogP contribution in [0.2, 0.25) is 0 Å². The molecule has 3 amide bonds. The molecule has 1 atom stereocenters. The topological polar surface area (TPSA) is 116 Å². The van der Waals surface area contributed by atoms with Gasteiger partial charge >= 0.3 is 6.03 Å². The number of morpholine rings is 1. The van der Waals surface area contributed by atoms with Gasteiger partial charge in [0, 0.05) is 26.2 Å². The van der Waals surface area contributed by atoms with Crippen LogP contribution in [-0.4, -0.2) is 67.0 Å². The van der Waals surface area contributed by atoms with Crippen molar-refractivity contribution in [3.05, 3.63) is 56.8 Å². The molecule has 36 heavy (non-hydrogen) atoms. The second-order valence-electron chi connectivity index (χ2n) is 9.16. The van der Waals surface area contributed by atoms with E-state index in [2.05, 4.69) is 21.0 Å².